The molecule has 9 heteroatoms. The van der Waals surface area contributed by atoms with Crippen LogP contribution in [0.1, 0.15) is 37.6 Å². The van der Waals surface area contributed by atoms with Crippen molar-refractivity contribution in [2.45, 2.75) is 44.3 Å². The van der Waals surface area contributed by atoms with Crippen molar-refractivity contribution in [1.29, 1.82) is 0 Å². The number of hydrogen-bond acceptors (Lipinski definition) is 6. The van der Waals surface area contributed by atoms with E-state index in [2.05, 4.69) is 0 Å². The van der Waals surface area contributed by atoms with Crippen LogP contribution in [0.25, 0.3) is 0 Å². The summed E-state index contributed by atoms with van der Waals surface area (Å²) in [5.41, 5.74) is -0.541. The maximum Gasteiger partial charge on any atom is 0.347 e. The van der Waals surface area contributed by atoms with Crippen LogP contribution in [-0.4, -0.2) is 50.0 Å². The SMILES string of the molecule is CCN(CC)S(=O)(=O)c1ccc(F)c(C(=O)O[C@H]2C[C@H](C)OC2=O)c1. The lowest BCUT2D eigenvalue weighted by molar-refractivity contribution is -0.147. The lowest BCUT2D eigenvalue weighted by Crippen LogP contribution is -2.31. The molecular weight excluding hydrogens is 353 g/mol. The molecule has 1 aliphatic rings. The van der Waals surface area contributed by atoms with Crippen molar-refractivity contribution in [3.05, 3.63) is 29.6 Å². The molecule has 2 atom stereocenters. The first-order valence-electron chi connectivity index (χ1n) is 7.91. The number of esters is 2. The third-order valence-electron chi connectivity index (χ3n) is 3.88. The fourth-order valence-corrected chi connectivity index (χ4v) is 4.03. The molecule has 0 unspecified atom stereocenters. The van der Waals surface area contributed by atoms with Crippen molar-refractivity contribution in [3.63, 3.8) is 0 Å². The second-order valence-corrected chi connectivity index (χ2v) is 7.55. The Morgan fingerprint density at radius 2 is 2.00 bits per heavy atom. The Hall–Kier alpha value is -2.00. The van der Waals surface area contributed by atoms with Gasteiger partial charge in [0.05, 0.1) is 10.5 Å². The monoisotopic (exact) mass is 373 g/mol. The summed E-state index contributed by atoms with van der Waals surface area (Å²) in [5, 5.41) is 0. The fourth-order valence-electron chi connectivity index (χ4n) is 2.54. The second kappa shape index (κ2) is 7.49. The molecule has 138 valence electrons. The zero-order chi connectivity index (χ0) is 18.8. The van der Waals surface area contributed by atoms with Gasteiger partial charge in [-0.2, -0.15) is 4.31 Å². The van der Waals surface area contributed by atoms with Crippen LogP contribution >= 0.6 is 0 Å². The van der Waals surface area contributed by atoms with Crippen LogP contribution in [0.5, 0.6) is 0 Å². The molecular formula is C16H20FNO6S. The zero-order valence-electron chi connectivity index (χ0n) is 14.2. The van der Waals surface area contributed by atoms with Crippen molar-refractivity contribution >= 4 is 22.0 Å². The van der Waals surface area contributed by atoms with E-state index in [1.807, 2.05) is 0 Å². The number of ether oxygens (including phenoxy) is 2. The van der Waals surface area contributed by atoms with Crippen molar-refractivity contribution in [1.82, 2.24) is 4.31 Å². The Morgan fingerprint density at radius 1 is 1.36 bits per heavy atom. The molecule has 7 nitrogen and oxygen atoms in total. The number of carbonyl (C=O) groups excluding carboxylic acids is 2. The Kier molecular flexibility index (Phi) is 5.79. The van der Waals surface area contributed by atoms with Gasteiger partial charge in [0.2, 0.25) is 16.1 Å². The smallest absolute Gasteiger partial charge is 0.347 e. The molecule has 2 rings (SSSR count). The molecule has 1 saturated heterocycles. The predicted molar refractivity (Wildman–Crippen MR) is 85.9 cm³/mol. The number of sulfonamides is 1. The first-order chi connectivity index (χ1) is 11.7. The van der Waals surface area contributed by atoms with Gasteiger partial charge in [-0.3, -0.25) is 0 Å². The first-order valence-corrected chi connectivity index (χ1v) is 9.35. The summed E-state index contributed by atoms with van der Waals surface area (Å²) in [6.07, 6.45) is -1.35. The highest BCUT2D eigenvalue weighted by atomic mass is 32.2. The molecule has 0 radical (unpaired) electrons. The van der Waals surface area contributed by atoms with Gasteiger partial charge in [-0.25, -0.2) is 22.4 Å². The van der Waals surface area contributed by atoms with E-state index < -0.39 is 45.6 Å². The summed E-state index contributed by atoms with van der Waals surface area (Å²) in [6.45, 7) is 5.46. The van der Waals surface area contributed by atoms with Gasteiger partial charge < -0.3 is 9.47 Å². The molecule has 0 aliphatic carbocycles. The maximum absolute atomic E-state index is 14.0. The Balaban J connectivity index is 2.30. The van der Waals surface area contributed by atoms with E-state index in [4.69, 9.17) is 9.47 Å². The largest absolute Gasteiger partial charge is 0.460 e. The topological polar surface area (TPSA) is 90.0 Å². The summed E-state index contributed by atoms with van der Waals surface area (Å²) >= 11 is 0. The van der Waals surface area contributed by atoms with Gasteiger partial charge in [-0.05, 0) is 25.1 Å². The number of benzene rings is 1. The fraction of sp³-hybridized carbons (Fsp3) is 0.500. The van der Waals surface area contributed by atoms with Crippen LogP contribution in [0, 0.1) is 5.82 Å². The Bertz CT molecular complexity index is 775. The number of halogens is 1. The third kappa shape index (κ3) is 3.98. The van der Waals surface area contributed by atoms with Crippen LogP contribution in [0.15, 0.2) is 23.1 Å². The highest BCUT2D eigenvalue weighted by Crippen LogP contribution is 2.23. The van der Waals surface area contributed by atoms with Crippen LogP contribution in [0.4, 0.5) is 4.39 Å². The van der Waals surface area contributed by atoms with Gasteiger partial charge in [0.25, 0.3) is 0 Å². The van der Waals surface area contributed by atoms with Crippen molar-refractivity contribution in [3.8, 4) is 0 Å². The van der Waals surface area contributed by atoms with Crippen LogP contribution in [-0.2, 0) is 24.3 Å². The molecule has 1 aliphatic heterocycles. The van der Waals surface area contributed by atoms with Gasteiger partial charge >= 0.3 is 11.9 Å². The molecule has 1 aromatic rings. The Labute approximate surface area is 145 Å². The summed E-state index contributed by atoms with van der Waals surface area (Å²) < 4.78 is 50.0. The van der Waals surface area contributed by atoms with Gasteiger partial charge in [0, 0.05) is 19.5 Å². The van der Waals surface area contributed by atoms with E-state index in [0.29, 0.717) is 0 Å². The van der Waals surface area contributed by atoms with Crippen molar-refractivity contribution < 1.29 is 31.9 Å². The lowest BCUT2D eigenvalue weighted by Gasteiger charge is -2.19. The molecule has 1 aromatic carbocycles. The zero-order valence-corrected chi connectivity index (χ0v) is 15.0. The van der Waals surface area contributed by atoms with E-state index in [0.717, 1.165) is 18.2 Å². The van der Waals surface area contributed by atoms with Crippen LogP contribution in [0.3, 0.4) is 0 Å². The normalized spacial score (nSPS) is 20.6. The summed E-state index contributed by atoms with van der Waals surface area (Å²) in [5.74, 6) is -2.73. The quantitative estimate of drug-likeness (QED) is 0.705. The number of hydrogen-bond donors (Lipinski definition) is 0. The minimum absolute atomic E-state index is 0.170. The number of cyclic esters (lactones) is 1. The summed E-state index contributed by atoms with van der Waals surface area (Å²) in [6, 6.07) is 2.91. The molecule has 1 heterocycles. The molecule has 25 heavy (non-hydrogen) atoms. The Morgan fingerprint density at radius 3 is 2.52 bits per heavy atom. The van der Waals surface area contributed by atoms with E-state index in [1.165, 1.54) is 4.31 Å². The van der Waals surface area contributed by atoms with Crippen molar-refractivity contribution in [2.75, 3.05) is 13.1 Å². The summed E-state index contributed by atoms with van der Waals surface area (Å²) in [7, 11) is -3.85. The van der Waals surface area contributed by atoms with E-state index in [9.17, 15) is 22.4 Å². The average Bonchev–Trinajstić information content (AvgIpc) is 2.85. The molecule has 0 N–H and O–H groups in total. The first kappa shape index (κ1) is 19.3. The van der Waals surface area contributed by atoms with Crippen molar-refractivity contribution in [2.24, 2.45) is 0 Å². The van der Waals surface area contributed by atoms with Crippen LogP contribution < -0.4 is 0 Å². The van der Waals surface area contributed by atoms with E-state index in [1.54, 1.807) is 20.8 Å². The van der Waals surface area contributed by atoms with E-state index >= 15 is 0 Å². The minimum atomic E-state index is -3.85. The van der Waals surface area contributed by atoms with Gasteiger partial charge in [0.15, 0.2) is 0 Å². The second-order valence-electron chi connectivity index (χ2n) is 5.61. The minimum Gasteiger partial charge on any atom is -0.460 e. The molecule has 0 aromatic heterocycles. The molecule has 0 spiro atoms. The number of nitrogens with zero attached hydrogens (tertiary/aromatic N) is 1. The highest BCUT2D eigenvalue weighted by molar-refractivity contribution is 7.89. The van der Waals surface area contributed by atoms with Gasteiger partial charge in [-0.1, -0.05) is 13.8 Å². The highest BCUT2D eigenvalue weighted by Gasteiger charge is 2.36. The van der Waals surface area contributed by atoms with Gasteiger partial charge in [0.1, 0.15) is 11.9 Å². The molecule has 0 bridgehead atoms. The third-order valence-corrected chi connectivity index (χ3v) is 5.92. The molecule has 0 saturated carbocycles. The number of carbonyl (C=O) groups is 2. The molecule has 0 amide bonds. The predicted octanol–water partition coefficient (Wildman–Crippen LogP) is 1.72. The van der Waals surface area contributed by atoms with Gasteiger partial charge in [-0.15, -0.1) is 0 Å². The molecule has 1 fully saturated rings. The van der Waals surface area contributed by atoms with Crippen LogP contribution in [0.2, 0.25) is 0 Å². The van der Waals surface area contributed by atoms with E-state index in [-0.39, 0.29) is 24.4 Å². The maximum atomic E-state index is 14.0. The standard InChI is InChI=1S/C16H20FNO6S/c1-4-18(5-2)25(21,22)11-6-7-13(17)12(9-11)15(19)24-14-8-10(3)23-16(14)20/h6-7,9-10,14H,4-5,8H2,1-3H3/t10-,14-/m0/s1. The summed E-state index contributed by atoms with van der Waals surface area (Å²) in [4.78, 5) is 23.5. The lowest BCUT2D eigenvalue weighted by atomic mass is 10.2. The number of rotatable bonds is 6. The average molecular weight is 373 g/mol.